The van der Waals surface area contributed by atoms with E-state index in [4.69, 9.17) is 4.74 Å². The van der Waals surface area contributed by atoms with E-state index in [2.05, 4.69) is 4.98 Å². The fourth-order valence-electron chi connectivity index (χ4n) is 1.41. The van der Waals surface area contributed by atoms with E-state index in [9.17, 15) is 13.2 Å². The monoisotopic (exact) mass is 248 g/mol. The summed E-state index contributed by atoms with van der Waals surface area (Å²) in [6.45, 7) is 1.69. The molecule has 0 radical (unpaired) electrons. The highest BCUT2D eigenvalue weighted by molar-refractivity contribution is 5.33. The normalized spacial score (nSPS) is 13.9. The van der Waals surface area contributed by atoms with Crippen molar-refractivity contribution in [3.05, 3.63) is 23.4 Å². The number of alkyl halides is 3. The second kappa shape index (κ2) is 4.91. The van der Waals surface area contributed by atoms with Crippen LogP contribution in [0.15, 0.2) is 12.3 Å². The number of aromatic nitrogens is 1. The molecule has 96 valence electrons. The second-order valence-electron chi connectivity index (χ2n) is 3.95. The van der Waals surface area contributed by atoms with Gasteiger partial charge < -0.3 is 9.64 Å². The fraction of sp³-hybridized carbons (Fsp3) is 0.545. The Balaban J connectivity index is 3.30. The van der Waals surface area contributed by atoms with Crippen molar-refractivity contribution in [3.8, 4) is 5.88 Å². The maximum absolute atomic E-state index is 12.9. The lowest BCUT2D eigenvalue weighted by Crippen LogP contribution is -2.21. The molecule has 0 saturated carbocycles. The van der Waals surface area contributed by atoms with Gasteiger partial charge in [-0.1, -0.05) is 0 Å². The van der Waals surface area contributed by atoms with Crippen LogP contribution in [0.25, 0.3) is 0 Å². The summed E-state index contributed by atoms with van der Waals surface area (Å²) in [5.74, 6) is -0.0352. The molecule has 1 aromatic rings. The first-order valence-electron chi connectivity index (χ1n) is 5.05. The number of nitrogens with zero attached hydrogens (tertiary/aromatic N) is 2. The van der Waals surface area contributed by atoms with E-state index in [-0.39, 0.29) is 17.5 Å². The first-order valence-corrected chi connectivity index (χ1v) is 5.05. The number of ether oxygens (including phenoxy) is 1. The van der Waals surface area contributed by atoms with Crippen molar-refractivity contribution in [1.29, 1.82) is 0 Å². The lowest BCUT2D eigenvalue weighted by Gasteiger charge is -2.23. The van der Waals surface area contributed by atoms with E-state index in [1.54, 1.807) is 25.9 Å². The van der Waals surface area contributed by atoms with Crippen molar-refractivity contribution in [2.24, 2.45) is 0 Å². The molecular formula is C11H15F3N2O. The number of rotatable bonds is 3. The summed E-state index contributed by atoms with van der Waals surface area (Å²) in [6, 6.07) is 0.556. The maximum atomic E-state index is 12.9. The molecule has 3 nitrogen and oxygen atoms in total. The molecule has 0 saturated heterocycles. The van der Waals surface area contributed by atoms with Gasteiger partial charge >= 0.3 is 6.18 Å². The van der Waals surface area contributed by atoms with Crippen molar-refractivity contribution in [2.75, 3.05) is 21.2 Å². The van der Waals surface area contributed by atoms with Gasteiger partial charge in [-0.2, -0.15) is 13.2 Å². The van der Waals surface area contributed by atoms with Crippen LogP contribution in [0.3, 0.4) is 0 Å². The van der Waals surface area contributed by atoms with Crippen LogP contribution in [0.5, 0.6) is 5.88 Å². The van der Waals surface area contributed by atoms with Crippen LogP contribution in [-0.4, -0.2) is 31.1 Å². The number of pyridine rings is 1. The molecule has 0 N–H and O–H groups in total. The minimum atomic E-state index is -4.41. The van der Waals surface area contributed by atoms with Crippen molar-refractivity contribution >= 4 is 0 Å². The Morgan fingerprint density at radius 1 is 1.35 bits per heavy atom. The summed E-state index contributed by atoms with van der Waals surface area (Å²) < 4.78 is 43.4. The van der Waals surface area contributed by atoms with Gasteiger partial charge in [0.05, 0.1) is 12.7 Å². The largest absolute Gasteiger partial charge is 0.481 e. The summed E-state index contributed by atoms with van der Waals surface area (Å²) >= 11 is 0. The average Bonchev–Trinajstić information content (AvgIpc) is 2.26. The molecule has 0 spiro atoms. The number of hydrogen-bond acceptors (Lipinski definition) is 3. The van der Waals surface area contributed by atoms with Gasteiger partial charge in [0, 0.05) is 18.3 Å². The van der Waals surface area contributed by atoms with Crippen molar-refractivity contribution in [2.45, 2.75) is 19.1 Å². The lowest BCUT2D eigenvalue weighted by atomic mass is 10.0. The third-order valence-electron chi connectivity index (χ3n) is 2.65. The third-order valence-corrected chi connectivity index (χ3v) is 2.65. The van der Waals surface area contributed by atoms with Gasteiger partial charge in [-0.05, 0) is 26.6 Å². The molecule has 6 heteroatoms. The first kappa shape index (κ1) is 13.8. The minimum Gasteiger partial charge on any atom is -0.481 e. The van der Waals surface area contributed by atoms with Gasteiger partial charge in [0.1, 0.15) is 0 Å². The summed E-state index contributed by atoms with van der Waals surface area (Å²) in [7, 11) is 4.72. The van der Waals surface area contributed by atoms with Crippen LogP contribution in [-0.2, 0) is 6.18 Å². The van der Waals surface area contributed by atoms with E-state index in [0.717, 1.165) is 6.07 Å². The summed E-state index contributed by atoms with van der Waals surface area (Å²) in [5, 5.41) is 0. The molecular weight excluding hydrogens is 233 g/mol. The summed E-state index contributed by atoms with van der Waals surface area (Å²) in [4.78, 5) is 5.52. The van der Waals surface area contributed by atoms with Crippen LogP contribution in [0, 0.1) is 0 Å². The van der Waals surface area contributed by atoms with E-state index in [1.165, 1.54) is 13.3 Å². The molecule has 1 unspecified atom stereocenters. The molecule has 17 heavy (non-hydrogen) atoms. The highest BCUT2D eigenvalue weighted by Gasteiger charge is 2.35. The van der Waals surface area contributed by atoms with Gasteiger partial charge in [0.25, 0.3) is 0 Å². The number of methoxy groups -OCH3 is 1. The van der Waals surface area contributed by atoms with Crippen LogP contribution in [0.2, 0.25) is 0 Å². The Kier molecular flexibility index (Phi) is 3.98. The van der Waals surface area contributed by atoms with E-state index in [1.807, 2.05) is 0 Å². The lowest BCUT2D eigenvalue weighted by molar-refractivity contribution is -0.138. The number of halogens is 3. The van der Waals surface area contributed by atoms with Crippen LogP contribution in [0.4, 0.5) is 13.2 Å². The maximum Gasteiger partial charge on any atom is 0.416 e. The first-order chi connectivity index (χ1) is 7.77. The molecule has 0 aliphatic rings. The Morgan fingerprint density at radius 2 is 1.94 bits per heavy atom. The Morgan fingerprint density at radius 3 is 2.35 bits per heavy atom. The third kappa shape index (κ3) is 3.09. The van der Waals surface area contributed by atoms with Gasteiger partial charge in [0.15, 0.2) is 0 Å². The predicted molar refractivity (Wildman–Crippen MR) is 57.9 cm³/mol. The zero-order chi connectivity index (χ0) is 13.2. The SMILES string of the molecule is COc1cc(C(F)(F)F)c(C(C)N(C)C)cn1. The molecule has 0 aliphatic carbocycles. The molecule has 1 atom stereocenters. The summed E-state index contributed by atoms with van der Waals surface area (Å²) in [5.41, 5.74) is -0.561. The molecule has 0 aliphatic heterocycles. The van der Waals surface area contributed by atoms with Gasteiger partial charge in [-0.15, -0.1) is 0 Å². The molecule has 0 aromatic carbocycles. The topological polar surface area (TPSA) is 25.4 Å². The molecule has 0 amide bonds. The average molecular weight is 248 g/mol. The number of hydrogen-bond donors (Lipinski definition) is 0. The quantitative estimate of drug-likeness (QED) is 0.822. The molecule has 1 rings (SSSR count). The standard InChI is InChI=1S/C11H15F3N2O/c1-7(16(2)3)8-6-15-10(17-4)5-9(8)11(12,13)14/h5-7H,1-4H3. The summed E-state index contributed by atoms with van der Waals surface area (Å²) in [6.07, 6.45) is -3.19. The highest BCUT2D eigenvalue weighted by Crippen LogP contribution is 2.36. The Labute approximate surface area is 98.2 Å². The zero-order valence-electron chi connectivity index (χ0n) is 10.2. The highest BCUT2D eigenvalue weighted by atomic mass is 19.4. The molecule has 0 bridgehead atoms. The van der Waals surface area contributed by atoms with Crippen LogP contribution < -0.4 is 4.74 Å². The van der Waals surface area contributed by atoms with Crippen LogP contribution >= 0.6 is 0 Å². The van der Waals surface area contributed by atoms with Crippen molar-refractivity contribution in [3.63, 3.8) is 0 Å². The van der Waals surface area contributed by atoms with Gasteiger partial charge in [0.2, 0.25) is 5.88 Å². The second-order valence-corrected chi connectivity index (χ2v) is 3.95. The van der Waals surface area contributed by atoms with Gasteiger partial charge in [-0.3, -0.25) is 0 Å². The van der Waals surface area contributed by atoms with E-state index in [0.29, 0.717) is 0 Å². The smallest absolute Gasteiger partial charge is 0.416 e. The predicted octanol–water partition coefficient (Wildman–Crippen LogP) is 2.73. The Bertz CT molecular complexity index is 391. The van der Waals surface area contributed by atoms with E-state index >= 15 is 0 Å². The Hall–Kier alpha value is -1.30. The van der Waals surface area contributed by atoms with Gasteiger partial charge in [-0.25, -0.2) is 4.98 Å². The zero-order valence-corrected chi connectivity index (χ0v) is 10.2. The molecule has 1 heterocycles. The molecule has 0 fully saturated rings. The van der Waals surface area contributed by atoms with E-state index < -0.39 is 11.7 Å². The molecule has 1 aromatic heterocycles. The van der Waals surface area contributed by atoms with Crippen LogP contribution in [0.1, 0.15) is 24.1 Å². The van der Waals surface area contributed by atoms with Crippen molar-refractivity contribution in [1.82, 2.24) is 9.88 Å². The fourth-order valence-corrected chi connectivity index (χ4v) is 1.41. The minimum absolute atomic E-state index is 0.0352. The van der Waals surface area contributed by atoms with Crippen molar-refractivity contribution < 1.29 is 17.9 Å².